The fourth-order valence-corrected chi connectivity index (χ4v) is 1.77. The number of ether oxygens (including phenoxy) is 1. The van der Waals surface area contributed by atoms with E-state index in [9.17, 15) is 4.79 Å². The average molecular weight is 291 g/mol. The molecule has 112 valence electrons. The SMILES string of the molecule is C=CCN(CC(=O)OCC)Cc1nc(-c2ccco2)no1. The highest BCUT2D eigenvalue weighted by Gasteiger charge is 2.16. The molecule has 2 rings (SSSR count). The van der Waals surface area contributed by atoms with Gasteiger partial charge in [-0.2, -0.15) is 4.98 Å². The molecule has 7 nitrogen and oxygen atoms in total. The predicted octanol–water partition coefficient (Wildman–Crippen LogP) is 1.88. The van der Waals surface area contributed by atoms with Crippen LogP contribution in [0.4, 0.5) is 0 Å². The standard InChI is InChI=1S/C14H17N3O4/c1-3-7-17(10-13(18)19-4-2)9-12-15-14(16-21-12)11-6-5-8-20-11/h3,5-6,8H,1,4,7,9-10H2,2H3. The second-order valence-electron chi connectivity index (χ2n) is 4.25. The summed E-state index contributed by atoms with van der Waals surface area (Å²) in [6.07, 6.45) is 3.24. The summed E-state index contributed by atoms with van der Waals surface area (Å²) in [4.78, 5) is 17.6. The molecule has 0 amide bonds. The van der Waals surface area contributed by atoms with Crippen LogP contribution in [-0.4, -0.2) is 40.7 Å². The molecule has 0 saturated heterocycles. The van der Waals surface area contributed by atoms with Crippen molar-refractivity contribution in [3.05, 3.63) is 36.9 Å². The van der Waals surface area contributed by atoms with Crippen molar-refractivity contribution in [1.29, 1.82) is 0 Å². The molecule has 2 aromatic rings. The van der Waals surface area contributed by atoms with Crippen LogP contribution in [0, 0.1) is 0 Å². The molecule has 21 heavy (non-hydrogen) atoms. The first kappa shape index (κ1) is 15.0. The van der Waals surface area contributed by atoms with Crippen molar-refractivity contribution in [2.75, 3.05) is 19.7 Å². The van der Waals surface area contributed by atoms with Crippen molar-refractivity contribution in [2.24, 2.45) is 0 Å². The molecule has 0 aliphatic heterocycles. The van der Waals surface area contributed by atoms with Gasteiger partial charge in [0.15, 0.2) is 5.76 Å². The topological polar surface area (TPSA) is 81.6 Å². The zero-order valence-electron chi connectivity index (χ0n) is 11.8. The molecule has 0 spiro atoms. The van der Waals surface area contributed by atoms with Crippen LogP contribution in [-0.2, 0) is 16.1 Å². The molecule has 0 atom stereocenters. The van der Waals surface area contributed by atoms with Gasteiger partial charge >= 0.3 is 5.97 Å². The van der Waals surface area contributed by atoms with E-state index >= 15 is 0 Å². The Kier molecular flexibility index (Phi) is 5.28. The van der Waals surface area contributed by atoms with Crippen molar-refractivity contribution in [3.63, 3.8) is 0 Å². The lowest BCUT2D eigenvalue weighted by atomic mass is 10.4. The van der Waals surface area contributed by atoms with Crippen LogP contribution in [0.25, 0.3) is 11.6 Å². The molecular weight excluding hydrogens is 274 g/mol. The van der Waals surface area contributed by atoms with E-state index in [-0.39, 0.29) is 12.5 Å². The Morgan fingerprint density at radius 2 is 2.43 bits per heavy atom. The van der Waals surface area contributed by atoms with E-state index in [2.05, 4.69) is 16.7 Å². The summed E-state index contributed by atoms with van der Waals surface area (Å²) in [5, 5.41) is 3.84. The normalized spacial score (nSPS) is 10.8. The molecule has 0 radical (unpaired) electrons. The summed E-state index contributed by atoms with van der Waals surface area (Å²) in [5.41, 5.74) is 0. The number of nitrogens with zero attached hydrogens (tertiary/aromatic N) is 3. The highest BCUT2D eigenvalue weighted by Crippen LogP contribution is 2.16. The summed E-state index contributed by atoms with van der Waals surface area (Å²) < 4.78 is 15.3. The quantitative estimate of drug-likeness (QED) is 0.542. The Labute approximate surface area is 122 Å². The van der Waals surface area contributed by atoms with Gasteiger partial charge in [-0.3, -0.25) is 9.69 Å². The third-order valence-electron chi connectivity index (χ3n) is 2.61. The van der Waals surface area contributed by atoms with Crippen LogP contribution in [0.5, 0.6) is 0 Å². The first-order valence-electron chi connectivity index (χ1n) is 6.58. The van der Waals surface area contributed by atoms with Crippen molar-refractivity contribution in [1.82, 2.24) is 15.0 Å². The maximum atomic E-state index is 11.5. The third kappa shape index (κ3) is 4.28. The number of aromatic nitrogens is 2. The lowest BCUT2D eigenvalue weighted by Crippen LogP contribution is -2.31. The number of hydrogen-bond donors (Lipinski definition) is 0. The van der Waals surface area contributed by atoms with Crippen LogP contribution < -0.4 is 0 Å². The maximum absolute atomic E-state index is 11.5. The van der Waals surface area contributed by atoms with Gasteiger partial charge in [0.05, 0.1) is 26.0 Å². The number of hydrogen-bond acceptors (Lipinski definition) is 7. The largest absolute Gasteiger partial charge is 0.465 e. The van der Waals surface area contributed by atoms with Gasteiger partial charge in [0.1, 0.15) is 0 Å². The van der Waals surface area contributed by atoms with Crippen molar-refractivity contribution >= 4 is 5.97 Å². The van der Waals surface area contributed by atoms with Crippen LogP contribution in [0.15, 0.2) is 40.0 Å². The van der Waals surface area contributed by atoms with Crippen LogP contribution >= 0.6 is 0 Å². The fourth-order valence-electron chi connectivity index (χ4n) is 1.77. The molecule has 0 N–H and O–H groups in total. The highest BCUT2D eigenvalue weighted by atomic mass is 16.5. The van der Waals surface area contributed by atoms with Crippen LogP contribution in [0.3, 0.4) is 0 Å². The third-order valence-corrected chi connectivity index (χ3v) is 2.61. The van der Waals surface area contributed by atoms with E-state index in [0.29, 0.717) is 37.2 Å². The van der Waals surface area contributed by atoms with Crippen LogP contribution in [0.1, 0.15) is 12.8 Å². The van der Waals surface area contributed by atoms with E-state index in [0.717, 1.165) is 0 Å². The number of furan rings is 1. The minimum Gasteiger partial charge on any atom is -0.465 e. The number of carbonyl (C=O) groups is 1. The van der Waals surface area contributed by atoms with Gasteiger partial charge in [0.2, 0.25) is 11.7 Å². The maximum Gasteiger partial charge on any atom is 0.320 e. The minimum atomic E-state index is -0.301. The monoisotopic (exact) mass is 291 g/mol. The molecule has 0 aliphatic carbocycles. The van der Waals surface area contributed by atoms with E-state index < -0.39 is 0 Å². The molecule has 0 saturated carbocycles. The Bertz CT molecular complexity index is 577. The van der Waals surface area contributed by atoms with Gasteiger partial charge in [-0.25, -0.2) is 0 Å². The van der Waals surface area contributed by atoms with Crippen molar-refractivity contribution in [3.8, 4) is 11.6 Å². The van der Waals surface area contributed by atoms with Gasteiger partial charge in [-0.1, -0.05) is 11.2 Å². The molecule has 0 bridgehead atoms. The molecule has 2 heterocycles. The molecule has 2 aromatic heterocycles. The molecule has 0 unspecified atom stereocenters. The zero-order chi connectivity index (χ0) is 15.1. The Morgan fingerprint density at radius 1 is 1.57 bits per heavy atom. The van der Waals surface area contributed by atoms with Crippen LogP contribution in [0.2, 0.25) is 0 Å². The van der Waals surface area contributed by atoms with Gasteiger partial charge in [-0.05, 0) is 19.1 Å². The lowest BCUT2D eigenvalue weighted by Gasteiger charge is -2.16. The molecule has 0 aliphatic rings. The van der Waals surface area contributed by atoms with Crippen molar-refractivity contribution < 1.29 is 18.5 Å². The second kappa shape index (κ2) is 7.39. The molecule has 0 fully saturated rings. The number of rotatable bonds is 8. The summed E-state index contributed by atoms with van der Waals surface area (Å²) in [6.45, 7) is 6.76. The Morgan fingerprint density at radius 3 is 3.10 bits per heavy atom. The van der Waals surface area contributed by atoms with E-state index in [1.165, 1.54) is 6.26 Å². The second-order valence-corrected chi connectivity index (χ2v) is 4.25. The summed E-state index contributed by atoms with van der Waals surface area (Å²) >= 11 is 0. The van der Waals surface area contributed by atoms with Gasteiger partial charge in [0, 0.05) is 6.54 Å². The van der Waals surface area contributed by atoms with Crippen molar-refractivity contribution in [2.45, 2.75) is 13.5 Å². The van der Waals surface area contributed by atoms with Gasteiger partial charge < -0.3 is 13.7 Å². The Hall–Kier alpha value is -2.41. The summed E-state index contributed by atoms with van der Waals surface area (Å²) in [5.74, 6) is 1.01. The molecule has 7 heteroatoms. The first-order chi connectivity index (χ1) is 10.2. The molecular formula is C14H17N3O4. The number of carbonyl (C=O) groups excluding carboxylic acids is 1. The van der Waals surface area contributed by atoms with E-state index in [1.54, 1.807) is 30.0 Å². The lowest BCUT2D eigenvalue weighted by molar-refractivity contribution is -0.144. The predicted molar refractivity (Wildman–Crippen MR) is 74.1 cm³/mol. The fraction of sp³-hybridized carbons (Fsp3) is 0.357. The summed E-state index contributed by atoms with van der Waals surface area (Å²) in [7, 11) is 0. The molecule has 0 aromatic carbocycles. The highest BCUT2D eigenvalue weighted by molar-refractivity contribution is 5.71. The van der Waals surface area contributed by atoms with Gasteiger partial charge in [-0.15, -0.1) is 6.58 Å². The zero-order valence-corrected chi connectivity index (χ0v) is 11.8. The average Bonchev–Trinajstić information content (AvgIpc) is 3.09. The summed E-state index contributed by atoms with van der Waals surface area (Å²) in [6, 6.07) is 3.49. The number of esters is 1. The first-order valence-corrected chi connectivity index (χ1v) is 6.58. The van der Waals surface area contributed by atoms with E-state index in [4.69, 9.17) is 13.7 Å². The smallest absolute Gasteiger partial charge is 0.320 e. The van der Waals surface area contributed by atoms with Gasteiger partial charge in [0.25, 0.3) is 0 Å². The minimum absolute atomic E-state index is 0.137. The Balaban J connectivity index is 1.99. The van der Waals surface area contributed by atoms with E-state index in [1.807, 2.05) is 0 Å².